The summed E-state index contributed by atoms with van der Waals surface area (Å²) in [6.45, 7) is 2.01. The molecule has 1 saturated heterocycles. The van der Waals surface area contributed by atoms with E-state index in [2.05, 4.69) is 0 Å². The highest BCUT2D eigenvalue weighted by Gasteiger charge is 2.37. The number of hydrogen-bond donors (Lipinski definition) is 0. The maximum atomic E-state index is 14.5. The maximum absolute atomic E-state index is 14.5. The van der Waals surface area contributed by atoms with Crippen molar-refractivity contribution in [1.82, 2.24) is 4.90 Å². The van der Waals surface area contributed by atoms with Crippen molar-refractivity contribution in [3.63, 3.8) is 0 Å². The zero-order valence-corrected chi connectivity index (χ0v) is 14.3. The minimum Gasteiger partial charge on any atom is -0.339 e. The van der Waals surface area contributed by atoms with Crippen LogP contribution in [0.1, 0.15) is 44.1 Å². The van der Waals surface area contributed by atoms with Gasteiger partial charge < -0.3 is 9.80 Å². The van der Waals surface area contributed by atoms with E-state index in [1.165, 1.54) is 25.0 Å². The van der Waals surface area contributed by atoms with Crippen LogP contribution in [0.25, 0.3) is 5.57 Å². The second-order valence-electron chi connectivity index (χ2n) is 7.29. The Morgan fingerprint density at radius 2 is 1.88 bits per heavy atom. The fourth-order valence-corrected chi connectivity index (χ4v) is 4.29. The Balaban J connectivity index is 1.67. The van der Waals surface area contributed by atoms with E-state index in [9.17, 15) is 14.0 Å². The van der Waals surface area contributed by atoms with Crippen molar-refractivity contribution in [2.24, 2.45) is 5.92 Å². The Labute approximate surface area is 147 Å². The molecule has 2 heterocycles. The molecule has 1 saturated carbocycles. The quantitative estimate of drug-likeness (QED) is 0.790. The lowest BCUT2D eigenvalue weighted by atomic mass is 10.1. The summed E-state index contributed by atoms with van der Waals surface area (Å²) < 4.78 is 14.5. The van der Waals surface area contributed by atoms with Gasteiger partial charge in [-0.1, -0.05) is 25.0 Å². The van der Waals surface area contributed by atoms with Crippen LogP contribution in [0.15, 0.2) is 24.3 Å². The van der Waals surface area contributed by atoms with E-state index in [4.69, 9.17) is 0 Å². The first kappa shape index (κ1) is 16.3. The molecule has 4 nitrogen and oxygen atoms in total. The molecule has 0 bridgehead atoms. The summed E-state index contributed by atoms with van der Waals surface area (Å²) in [6, 6.07) is 4.74. The first-order valence-corrected chi connectivity index (χ1v) is 9.26. The van der Waals surface area contributed by atoms with Gasteiger partial charge in [0.15, 0.2) is 0 Å². The monoisotopic (exact) mass is 342 g/mol. The van der Waals surface area contributed by atoms with Gasteiger partial charge in [-0.25, -0.2) is 4.39 Å². The molecule has 5 heteroatoms. The molecule has 0 unspecified atom stereocenters. The lowest BCUT2D eigenvalue weighted by Crippen LogP contribution is -2.32. The molecule has 0 atom stereocenters. The maximum Gasteiger partial charge on any atom is 0.259 e. The first-order chi connectivity index (χ1) is 12.1. The third-order valence-corrected chi connectivity index (χ3v) is 5.62. The van der Waals surface area contributed by atoms with Crippen molar-refractivity contribution in [3.05, 3.63) is 35.7 Å². The van der Waals surface area contributed by atoms with Gasteiger partial charge in [-0.2, -0.15) is 0 Å². The average Bonchev–Trinajstić information content (AvgIpc) is 3.33. The van der Waals surface area contributed by atoms with Gasteiger partial charge in [-0.05, 0) is 37.7 Å². The largest absolute Gasteiger partial charge is 0.339 e. The van der Waals surface area contributed by atoms with E-state index in [0.29, 0.717) is 29.3 Å². The van der Waals surface area contributed by atoms with E-state index < -0.39 is 0 Å². The molecule has 0 aromatic heterocycles. The van der Waals surface area contributed by atoms with Crippen molar-refractivity contribution in [2.45, 2.75) is 38.5 Å². The lowest BCUT2D eigenvalue weighted by Gasteiger charge is -2.21. The fourth-order valence-electron chi connectivity index (χ4n) is 4.29. The highest BCUT2D eigenvalue weighted by molar-refractivity contribution is 6.34. The number of rotatable bonds is 3. The summed E-state index contributed by atoms with van der Waals surface area (Å²) in [6.07, 6.45) is 7.93. The van der Waals surface area contributed by atoms with Gasteiger partial charge in [-0.15, -0.1) is 0 Å². The average molecular weight is 342 g/mol. The number of anilines is 1. The number of amides is 2. The summed E-state index contributed by atoms with van der Waals surface area (Å²) in [4.78, 5) is 28.8. The van der Waals surface area contributed by atoms with Gasteiger partial charge >= 0.3 is 0 Å². The van der Waals surface area contributed by atoms with Crippen LogP contribution >= 0.6 is 0 Å². The summed E-state index contributed by atoms with van der Waals surface area (Å²) in [7, 11) is 0. The summed E-state index contributed by atoms with van der Waals surface area (Å²) in [5, 5.41) is 0. The van der Waals surface area contributed by atoms with Gasteiger partial charge in [0.1, 0.15) is 5.82 Å². The molecule has 0 spiro atoms. The molecule has 2 fully saturated rings. The zero-order chi connectivity index (χ0) is 17.4. The highest BCUT2D eigenvalue weighted by atomic mass is 19.1. The molecule has 132 valence electrons. The van der Waals surface area contributed by atoms with Crippen LogP contribution < -0.4 is 4.90 Å². The van der Waals surface area contributed by atoms with Crippen LogP contribution in [-0.4, -0.2) is 36.3 Å². The predicted molar refractivity (Wildman–Crippen MR) is 94.5 cm³/mol. The van der Waals surface area contributed by atoms with Crippen molar-refractivity contribution in [1.29, 1.82) is 0 Å². The molecule has 0 radical (unpaired) electrons. The molecule has 4 rings (SSSR count). The number of carbonyl (C=O) groups is 2. The third-order valence-electron chi connectivity index (χ3n) is 5.62. The van der Waals surface area contributed by atoms with Gasteiger partial charge in [0.2, 0.25) is 5.91 Å². The number of benzene rings is 1. The first-order valence-electron chi connectivity index (χ1n) is 9.26. The van der Waals surface area contributed by atoms with Crippen LogP contribution in [0, 0.1) is 11.7 Å². The molecular weight excluding hydrogens is 319 g/mol. The van der Waals surface area contributed by atoms with Crippen LogP contribution in [0.2, 0.25) is 0 Å². The molecule has 2 aliphatic heterocycles. The topological polar surface area (TPSA) is 40.6 Å². The number of halogens is 1. The molecule has 25 heavy (non-hydrogen) atoms. The number of nitrogens with zero attached hydrogens (tertiary/aromatic N) is 2. The minimum atomic E-state index is -0.388. The number of carbonyl (C=O) groups excluding carboxylic acids is 2. The number of likely N-dealkylation sites (tertiary alicyclic amines) is 1. The van der Waals surface area contributed by atoms with E-state index in [1.807, 2.05) is 0 Å². The number of fused-ring (bicyclic) bond motifs is 1. The van der Waals surface area contributed by atoms with Crippen molar-refractivity contribution < 1.29 is 14.0 Å². The van der Waals surface area contributed by atoms with E-state index in [0.717, 1.165) is 38.8 Å². The van der Waals surface area contributed by atoms with Crippen molar-refractivity contribution in [2.75, 3.05) is 24.5 Å². The Morgan fingerprint density at radius 3 is 2.60 bits per heavy atom. The van der Waals surface area contributed by atoms with Gasteiger partial charge in [0, 0.05) is 31.3 Å². The zero-order valence-electron chi connectivity index (χ0n) is 14.3. The molecule has 1 aromatic carbocycles. The van der Waals surface area contributed by atoms with Gasteiger partial charge in [-0.3, -0.25) is 9.59 Å². The SMILES string of the molecule is O=C(/C=C1/C(=O)N(CC2CCCC2)c2c(F)cccc21)N1CCCC1. The normalized spacial score (nSPS) is 22.3. The van der Waals surface area contributed by atoms with E-state index in [1.54, 1.807) is 21.9 Å². The third kappa shape index (κ3) is 2.96. The van der Waals surface area contributed by atoms with Crippen LogP contribution in [0.5, 0.6) is 0 Å². The predicted octanol–water partition coefficient (Wildman–Crippen LogP) is 3.37. The number of hydrogen-bond acceptors (Lipinski definition) is 2. The Kier molecular flexibility index (Phi) is 4.32. The van der Waals surface area contributed by atoms with Gasteiger partial charge in [0.25, 0.3) is 5.91 Å². The molecule has 0 N–H and O–H groups in total. The van der Waals surface area contributed by atoms with Crippen LogP contribution in [0.3, 0.4) is 0 Å². The van der Waals surface area contributed by atoms with Crippen molar-refractivity contribution >= 4 is 23.1 Å². The Hall–Kier alpha value is -2.17. The van der Waals surface area contributed by atoms with E-state index >= 15 is 0 Å². The molecular formula is C20H23FN2O2. The second kappa shape index (κ2) is 6.62. The Bertz CT molecular complexity index is 731. The molecule has 2 amide bonds. The van der Waals surface area contributed by atoms with Crippen LogP contribution in [-0.2, 0) is 9.59 Å². The molecule has 3 aliphatic rings. The highest BCUT2D eigenvalue weighted by Crippen LogP contribution is 2.40. The molecule has 1 aromatic rings. The number of para-hydroxylation sites is 1. The smallest absolute Gasteiger partial charge is 0.259 e. The second-order valence-corrected chi connectivity index (χ2v) is 7.29. The van der Waals surface area contributed by atoms with Crippen molar-refractivity contribution in [3.8, 4) is 0 Å². The van der Waals surface area contributed by atoms with E-state index in [-0.39, 0.29) is 17.6 Å². The summed E-state index contributed by atoms with van der Waals surface area (Å²) in [5.74, 6) is -0.343. The van der Waals surface area contributed by atoms with Crippen LogP contribution in [0.4, 0.5) is 10.1 Å². The summed E-state index contributed by atoms with van der Waals surface area (Å²) >= 11 is 0. The summed E-state index contributed by atoms with van der Waals surface area (Å²) in [5.41, 5.74) is 1.24. The standard InChI is InChI=1S/C20H23FN2O2/c21-17-9-5-8-15-16(12-18(24)22-10-3-4-11-22)20(25)23(19(15)17)13-14-6-1-2-7-14/h5,8-9,12,14H,1-4,6-7,10-11,13H2/b16-12+. The minimum absolute atomic E-state index is 0.140. The Morgan fingerprint density at radius 1 is 1.16 bits per heavy atom. The fraction of sp³-hybridized carbons (Fsp3) is 0.500. The molecule has 1 aliphatic carbocycles. The van der Waals surface area contributed by atoms with Gasteiger partial charge in [0.05, 0.1) is 11.3 Å². The lowest BCUT2D eigenvalue weighted by molar-refractivity contribution is -0.125.